The van der Waals surface area contributed by atoms with E-state index in [1.165, 1.54) is 13.8 Å². The highest BCUT2D eigenvalue weighted by Gasteiger charge is 2.91. The van der Waals surface area contributed by atoms with Gasteiger partial charge in [-0.1, -0.05) is 20.8 Å². The van der Waals surface area contributed by atoms with Gasteiger partial charge in [-0.05, 0) is 20.3 Å². The fourth-order valence-corrected chi connectivity index (χ4v) is 5.87. The quantitative estimate of drug-likeness (QED) is 0.458. The predicted octanol–water partition coefficient (Wildman–Crippen LogP) is 0.300. The van der Waals surface area contributed by atoms with Crippen molar-refractivity contribution < 1.29 is 39.1 Å². The van der Waals surface area contributed by atoms with Crippen LogP contribution in [0.15, 0.2) is 0 Å². The summed E-state index contributed by atoms with van der Waals surface area (Å²) in [6.07, 6.45) is -1.89. The van der Waals surface area contributed by atoms with E-state index < -0.39 is 64.5 Å². The molecule has 2 saturated carbocycles. The van der Waals surface area contributed by atoms with Crippen molar-refractivity contribution in [2.24, 2.45) is 17.8 Å². The molecule has 2 saturated heterocycles. The molecule has 4 fully saturated rings. The third kappa shape index (κ3) is 2.15. The first kappa shape index (κ1) is 20.1. The molecule has 4 rings (SSSR count). The second-order valence-electron chi connectivity index (χ2n) is 9.57. The van der Waals surface area contributed by atoms with E-state index in [2.05, 4.69) is 0 Å². The molecule has 1 unspecified atom stereocenters. The summed E-state index contributed by atoms with van der Waals surface area (Å²) < 4.78 is 17.1. The number of esters is 2. The normalized spacial score (nSPS) is 55.4. The molecule has 2 aliphatic heterocycles. The minimum atomic E-state index is -2.02. The zero-order chi connectivity index (χ0) is 20.9. The molecular formula is C20H30O8. The summed E-state index contributed by atoms with van der Waals surface area (Å²) in [6.45, 7) is 8.27. The maximum Gasteiger partial charge on any atom is 0.309 e. The molecule has 4 aliphatic rings. The molecule has 2 heterocycles. The molecule has 2 aliphatic carbocycles. The van der Waals surface area contributed by atoms with Crippen molar-refractivity contribution in [2.45, 2.75) is 94.6 Å². The van der Waals surface area contributed by atoms with Crippen molar-refractivity contribution in [1.29, 1.82) is 0 Å². The van der Waals surface area contributed by atoms with Gasteiger partial charge in [0.05, 0.1) is 23.5 Å². The molecule has 8 nitrogen and oxygen atoms in total. The van der Waals surface area contributed by atoms with Crippen LogP contribution in [0.1, 0.15) is 53.9 Å². The van der Waals surface area contributed by atoms with E-state index in [4.69, 9.17) is 14.2 Å². The molecule has 0 bridgehead atoms. The van der Waals surface area contributed by atoms with Crippen LogP contribution in [0.25, 0.3) is 0 Å². The number of aliphatic hydroxyl groups is 3. The summed E-state index contributed by atoms with van der Waals surface area (Å²) in [4.78, 5) is 25.0. The minimum Gasteiger partial charge on any atom is -0.462 e. The number of hydrogen-bond acceptors (Lipinski definition) is 8. The first-order valence-corrected chi connectivity index (χ1v) is 10.1. The highest BCUT2D eigenvalue weighted by molar-refractivity contribution is 5.76. The molecule has 0 aromatic rings. The van der Waals surface area contributed by atoms with Crippen molar-refractivity contribution in [3.05, 3.63) is 0 Å². The van der Waals surface area contributed by atoms with Gasteiger partial charge in [0.1, 0.15) is 17.8 Å². The second-order valence-corrected chi connectivity index (χ2v) is 9.57. The zero-order valence-electron chi connectivity index (χ0n) is 17.0. The molecule has 28 heavy (non-hydrogen) atoms. The van der Waals surface area contributed by atoms with Gasteiger partial charge in [-0.3, -0.25) is 9.59 Å². The van der Waals surface area contributed by atoms with Gasteiger partial charge in [-0.2, -0.15) is 0 Å². The molecule has 8 heteroatoms. The Hall–Kier alpha value is -1.22. The van der Waals surface area contributed by atoms with Crippen LogP contribution in [0, 0.1) is 17.8 Å². The molecule has 1 spiro atoms. The van der Waals surface area contributed by atoms with E-state index in [0.717, 1.165) is 0 Å². The van der Waals surface area contributed by atoms with E-state index >= 15 is 0 Å². The van der Waals surface area contributed by atoms with Crippen LogP contribution in [-0.2, 0) is 23.8 Å². The number of carbonyl (C=O) groups is 2. The molecule has 0 amide bonds. The lowest BCUT2D eigenvalue weighted by Gasteiger charge is -2.47. The maximum atomic E-state index is 12.5. The molecule has 10 atom stereocenters. The first-order chi connectivity index (χ1) is 12.8. The minimum absolute atomic E-state index is 0.0216. The van der Waals surface area contributed by atoms with E-state index in [0.29, 0.717) is 6.42 Å². The lowest BCUT2D eigenvalue weighted by atomic mass is 9.68. The molecule has 0 aromatic carbocycles. The third-order valence-electron chi connectivity index (χ3n) is 7.76. The largest absolute Gasteiger partial charge is 0.462 e. The van der Waals surface area contributed by atoms with Gasteiger partial charge in [-0.15, -0.1) is 0 Å². The Kier molecular flexibility index (Phi) is 4.07. The van der Waals surface area contributed by atoms with Crippen molar-refractivity contribution in [3.63, 3.8) is 0 Å². The summed E-state index contributed by atoms with van der Waals surface area (Å²) in [5, 5.41) is 34.3. The van der Waals surface area contributed by atoms with Gasteiger partial charge >= 0.3 is 11.9 Å². The van der Waals surface area contributed by atoms with E-state index in [1.807, 2.05) is 6.92 Å². The lowest BCUT2D eigenvalue weighted by Crippen LogP contribution is -2.70. The lowest BCUT2D eigenvalue weighted by molar-refractivity contribution is -0.250. The Morgan fingerprint density at radius 3 is 2.50 bits per heavy atom. The number of rotatable bonds is 3. The monoisotopic (exact) mass is 398 g/mol. The average molecular weight is 398 g/mol. The molecule has 0 aromatic heterocycles. The summed E-state index contributed by atoms with van der Waals surface area (Å²) in [5.74, 6) is -2.65. The topological polar surface area (TPSA) is 126 Å². The zero-order valence-corrected chi connectivity index (χ0v) is 17.0. The summed E-state index contributed by atoms with van der Waals surface area (Å²) in [6, 6.07) is 0. The van der Waals surface area contributed by atoms with Gasteiger partial charge in [-0.25, -0.2) is 0 Å². The van der Waals surface area contributed by atoms with Crippen LogP contribution in [-0.4, -0.2) is 68.0 Å². The molecule has 0 radical (unpaired) electrons. The Balaban J connectivity index is 1.81. The number of fused-ring (bicyclic) bond motifs is 2. The fourth-order valence-electron chi connectivity index (χ4n) is 5.87. The van der Waals surface area contributed by atoms with Gasteiger partial charge in [0.25, 0.3) is 0 Å². The molecular weight excluding hydrogens is 368 g/mol. The van der Waals surface area contributed by atoms with Gasteiger partial charge in [0.2, 0.25) is 0 Å². The average Bonchev–Trinajstić information content (AvgIpc) is 3.20. The van der Waals surface area contributed by atoms with Crippen LogP contribution in [0.2, 0.25) is 0 Å². The number of ether oxygens (including phenoxy) is 3. The third-order valence-corrected chi connectivity index (χ3v) is 7.76. The van der Waals surface area contributed by atoms with Gasteiger partial charge < -0.3 is 29.5 Å². The van der Waals surface area contributed by atoms with Crippen LogP contribution in [0.4, 0.5) is 0 Å². The SMILES string of the molecule is CCC(C)C(=O)O[C@H]1C[C@@](C)(O)[C@]23O[C@H]2C[C@](C)(O)[C@]3(O)[C@H]2OC(=O)[C@@H](C)[C@H]12. The van der Waals surface area contributed by atoms with Crippen LogP contribution in [0.3, 0.4) is 0 Å². The Morgan fingerprint density at radius 2 is 1.89 bits per heavy atom. The van der Waals surface area contributed by atoms with E-state index in [-0.39, 0.29) is 18.8 Å². The Bertz CT molecular complexity index is 717. The van der Waals surface area contributed by atoms with E-state index in [9.17, 15) is 24.9 Å². The van der Waals surface area contributed by atoms with Crippen molar-refractivity contribution in [3.8, 4) is 0 Å². The highest BCUT2D eigenvalue weighted by atomic mass is 16.7. The fraction of sp³-hybridized carbons (Fsp3) is 0.900. The van der Waals surface area contributed by atoms with E-state index in [1.54, 1.807) is 13.8 Å². The number of epoxide rings is 1. The Morgan fingerprint density at radius 1 is 1.25 bits per heavy atom. The van der Waals surface area contributed by atoms with Crippen LogP contribution < -0.4 is 0 Å². The van der Waals surface area contributed by atoms with Crippen LogP contribution >= 0.6 is 0 Å². The number of hydrogen-bond donors (Lipinski definition) is 3. The van der Waals surface area contributed by atoms with Crippen molar-refractivity contribution in [1.82, 2.24) is 0 Å². The highest BCUT2D eigenvalue weighted by Crippen LogP contribution is 2.70. The summed E-state index contributed by atoms with van der Waals surface area (Å²) >= 11 is 0. The van der Waals surface area contributed by atoms with Gasteiger partial charge in [0.15, 0.2) is 11.2 Å². The summed E-state index contributed by atoms with van der Waals surface area (Å²) in [7, 11) is 0. The van der Waals surface area contributed by atoms with Crippen LogP contribution in [0.5, 0.6) is 0 Å². The standard InChI is InChI=1S/C20H30O8/c1-6-9(2)15(21)26-11-7-18(5,24)20-12(28-20)8-17(4,23)19(20,25)14-13(11)10(3)16(22)27-14/h9-14,23-25H,6-8H2,1-5H3/t9?,10-,11-,12-,13+,14-,17-,18+,19+,20+/m0/s1. The molecule has 158 valence electrons. The second kappa shape index (κ2) is 5.68. The number of carbonyl (C=O) groups excluding carboxylic acids is 2. The predicted molar refractivity (Wildman–Crippen MR) is 94.9 cm³/mol. The van der Waals surface area contributed by atoms with Crippen molar-refractivity contribution in [2.75, 3.05) is 0 Å². The smallest absolute Gasteiger partial charge is 0.309 e. The molecule has 3 N–H and O–H groups in total. The summed E-state index contributed by atoms with van der Waals surface area (Å²) in [5.41, 5.74) is -6.72. The Labute approximate surface area is 164 Å². The first-order valence-electron chi connectivity index (χ1n) is 10.1. The van der Waals surface area contributed by atoms with Crippen molar-refractivity contribution >= 4 is 11.9 Å². The maximum absolute atomic E-state index is 12.5. The van der Waals surface area contributed by atoms with Gasteiger partial charge in [0, 0.05) is 18.8 Å².